The molecule has 124 valence electrons. The summed E-state index contributed by atoms with van der Waals surface area (Å²) in [5.74, 6) is -0.895. The summed E-state index contributed by atoms with van der Waals surface area (Å²) in [6.07, 6.45) is 1.70. The van der Waals surface area contributed by atoms with E-state index >= 15 is 0 Å². The van der Waals surface area contributed by atoms with Crippen molar-refractivity contribution in [1.82, 2.24) is 4.90 Å². The van der Waals surface area contributed by atoms with Gasteiger partial charge in [-0.05, 0) is 43.3 Å². The van der Waals surface area contributed by atoms with Crippen LogP contribution < -0.4 is 0 Å². The maximum atomic E-state index is 12.7. The van der Waals surface area contributed by atoms with Gasteiger partial charge in [0.1, 0.15) is 0 Å². The number of aryl methyl sites for hydroxylation is 1. The molecule has 0 spiro atoms. The van der Waals surface area contributed by atoms with Crippen LogP contribution in [0.25, 0.3) is 0 Å². The van der Waals surface area contributed by atoms with E-state index in [-0.39, 0.29) is 17.5 Å². The molecule has 0 saturated heterocycles. The van der Waals surface area contributed by atoms with Crippen molar-refractivity contribution in [3.05, 3.63) is 55.6 Å². The van der Waals surface area contributed by atoms with Crippen molar-refractivity contribution in [3.63, 3.8) is 0 Å². The molecule has 0 bridgehead atoms. The highest BCUT2D eigenvalue weighted by Crippen LogP contribution is 2.45. The van der Waals surface area contributed by atoms with Crippen molar-refractivity contribution in [3.8, 4) is 0 Å². The number of aliphatic hydroxyl groups excluding tert-OH is 1. The van der Waals surface area contributed by atoms with Crippen LogP contribution in [-0.4, -0.2) is 21.7 Å². The molecular weight excluding hydrogens is 342 g/mol. The van der Waals surface area contributed by atoms with Gasteiger partial charge in [-0.25, -0.2) is 0 Å². The number of carbonyl (C=O) groups is 2. The normalized spacial score (nSPS) is 21.0. The summed E-state index contributed by atoms with van der Waals surface area (Å²) in [4.78, 5) is 30.1. The standard InChI is InChI=1S/C18H17NO3S2/c1-10-4-7-13(24-10)15-14(16(20)11-5-6-11)17(21)18(22)19(15)9-12-3-2-8-23-12/h2-4,7-8,11,15,21H,5-6,9H2,1H3. The first-order chi connectivity index (χ1) is 11.6. The third-order valence-corrected chi connectivity index (χ3v) is 6.37. The summed E-state index contributed by atoms with van der Waals surface area (Å²) >= 11 is 3.14. The number of ketones is 1. The van der Waals surface area contributed by atoms with E-state index in [0.717, 1.165) is 27.5 Å². The fourth-order valence-electron chi connectivity index (χ4n) is 3.10. The van der Waals surface area contributed by atoms with Crippen LogP contribution in [0.2, 0.25) is 0 Å². The molecule has 1 aliphatic carbocycles. The van der Waals surface area contributed by atoms with Crippen molar-refractivity contribution < 1.29 is 14.7 Å². The number of aliphatic hydroxyl groups is 1. The number of hydrogen-bond donors (Lipinski definition) is 1. The molecule has 0 aromatic carbocycles. The molecule has 1 unspecified atom stereocenters. The number of hydrogen-bond acceptors (Lipinski definition) is 5. The number of rotatable bonds is 5. The monoisotopic (exact) mass is 359 g/mol. The molecule has 4 nitrogen and oxygen atoms in total. The minimum atomic E-state index is -0.466. The zero-order valence-corrected chi connectivity index (χ0v) is 14.8. The molecule has 2 aromatic rings. The Morgan fingerprint density at radius 2 is 2.12 bits per heavy atom. The van der Waals surface area contributed by atoms with E-state index < -0.39 is 11.9 Å². The Morgan fingerprint density at radius 3 is 2.71 bits per heavy atom. The van der Waals surface area contributed by atoms with Gasteiger partial charge in [-0.15, -0.1) is 22.7 Å². The molecule has 1 fully saturated rings. The van der Waals surface area contributed by atoms with Crippen LogP contribution >= 0.6 is 22.7 Å². The number of Topliss-reactive ketones (excluding diaryl/α,β-unsaturated/α-hetero) is 1. The molecule has 1 aliphatic heterocycles. The molecule has 2 aromatic heterocycles. The summed E-state index contributed by atoms with van der Waals surface area (Å²) in [6.45, 7) is 2.41. The molecule has 6 heteroatoms. The Morgan fingerprint density at radius 1 is 1.33 bits per heavy atom. The Bertz CT molecular complexity index is 830. The van der Waals surface area contributed by atoms with Gasteiger partial charge >= 0.3 is 0 Å². The van der Waals surface area contributed by atoms with Crippen LogP contribution in [0, 0.1) is 12.8 Å². The predicted octanol–water partition coefficient (Wildman–Crippen LogP) is 3.99. The second-order valence-electron chi connectivity index (χ2n) is 6.26. The number of thiophene rings is 2. The molecule has 1 amide bonds. The summed E-state index contributed by atoms with van der Waals surface area (Å²) < 4.78 is 0. The Labute approximate surface area is 148 Å². The van der Waals surface area contributed by atoms with E-state index in [1.807, 2.05) is 36.6 Å². The predicted molar refractivity (Wildman–Crippen MR) is 94.1 cm³/mol. The lowest BCUT2D eigenvalue weighted by atomic mass is 9.99. The Balaban J connectivity index is 1.76. The highest BCUT2D eigenvalue weighted by Gasteiger charge is 2.47. The number of carbonyl (C=O) groups excluding carboxylic acids is 2. The smallest absolute Gasteiger partial charge is 0.290 e. The average molecular weight is 359 g/mol. The fraction of sp³-hybridized carbons (Fsp3) is 0.333. The van der Waals surface area contributed by atoms with Crippen LogP contribution in [0.5, 0.6) is 0 Å². The van der Waals surface area contributed by atoms with Crippen molar-refractivity contribution >= 4 is 34.4 Å². The van der Waals surface area contributed by atoms with Crippen molar-refractivity contribution in [1.29, 1.82) is 0 Å². The third-order valence-electron chi connectivity index (χ3n) is 4.45. The van der Waals surface area contributed by atoms with Gasteiger partial charge in [0.2, 0.25) is 0 Å². The second-order valence-corrected chi connectivity index (χ2v) is 8.62. The minimum Gasteiger partial charge on any atom is -0.503 e. The van der Waals surface area contributed by atoms with Gasteiger partial charge in [0.05, 0.1) is 18.2 Å². The van der Waals surface area contributed by atoms with Crippen LogP contribution in [-0.2, 0) is 16.1 Å². The minimum absolute atomic E-state index is 0.0276. The van der Waals surface area contributed by atoms with Gasteiger partial charge in [-0.1, -0.05) is 6.07 Å². The average Bonchev–Trinajstić information content (AvgIpc) is 3.03. The van der Waals surface area contributed by atoms with Crippen molar-refractivity contribution in [2.45, 2.75) is 32.4 Å². The van der Waals surface area contributed by atoms with E-state index in [2.05, 4.69) is 0 Å². The molecule has 4 rings (SSSR count). The van der Waals surface area contributed by atoms with Gasteiger partial charge in [0.25, 0.3) is 5.91 Å². The van der Waals surface area contributed by atoms with Crippen LogP contribution in [0.4, 0.5) is 0 Å². The topological polar surface area (TPSA) is 57.6 Å². The summed E-state index contributed by atoms with van der Waals surface area (Å²) in [5.41, 5.74) is 0.293. The zero-order valence-electron chi connectivity index (χ0n) is 13.2. The Kier molecular flexibility index (Phi) is 3.81. The van der Waals surface area contributed by atoms with Gasteiger partial charge < -0.3 is 10.0 Å². The second kappa shape index (κ2) is 5.86. The maximum absolute atomic E-state index is 12.7. The molecule has 1 saturated carbocycles. The number of amides is 1. The lowest BCUT2D eigenvalue weighted by Gasteiger charge is -2.25. The van der Waals surface area contributed by atoms with E-state index in [1.165, 1.54) is 0 Å². The van der Waals surface area contributed by atoms with Crippen molar-refractivity contribution in [2.24, 2.45) is 5.92 Å². The van der Waals surface area contributed by atoms with Crippen LogP contribution in [0.15, 0.2) is 41.0 Å². The van der Waals surface area contributed by atoms with Gasteiger partial charge in [-0.3, -0.25) is 9.59 Å². The molecular formula is C18H17NO3S2. The van der Waals surface area contributed by atoms with E-state index in [1.54, 1.807) is 27.6 Å². The maximum Gasteiger partial charge on any atom is 0.290 e. The first-order valence-corrected chi connectivity index (χ1v) is 9.63. The van der Waals surface area contributed by atoms with Gasteiger partial charge in [-0.2, -0.15) is 0 Å². The molecule has 24 heavy (non-hydrogen) atoms. The van der Waals surface area contributed by atoms with Crippen LogP contribution in [0.1, 0.15) is 33.5 Å². The molecule has 2 aliphatic rings. The number of nitrogens with zero attached hydrogens (tertiary/aromatic N) is 1. The van der Waals surface area contributed by atoms with E-state index in [9.17, 15) is 14.7 Å². The van der Waals surface area contributed by atoms with Crippen molar-refractivity contribution in [2.75, 3.05) is 0 Å². The van der Waals surface area contributed by atoms with Crippen LogP contribution in [0.3, 0.4) is 0 Å². The first-order valence-electron chi connectivity index (χ1n) is 7.93. The third kappa shape index (κ3) is 2.59. The lowest BCUT2D eigenvalue weighted by molar-refractivity contribution is -0.129. The molecule has 3 heterocycles. The molecule has 1 atom stereocenters. The largest absolute Gasteiger partial charge is 0.503 e. The lowest BCUT2D eigenvalue weighted by Crippen LogP contribution is -2.30. The highest BCUT2D eigenvalue weighted by atomic mass is 32.1. The van der Waals surface area contributed by atoms with E-state index in [4.69, 9.17) is 0 Å². The Hall–Kier alpha value is -1.92. The highest BCUT2D eigenvalue weighted by molar-refractivity contribution is 7.12. The summed E-state index contributed by atoms with van der Waals surface area (Å²) in [7, 11) is 0. The summed E-state index contributed by atoms with van der Waals surface area (Å²) in [5, 5.41) is 12.4. The summed E-state index contributed by atoms with van der Waals surface area (Å²) in [6, 6.07) is 7.38. The fourth-order valence-corrected chi connectivity index (χ4v) is 4.80. The molecule has 0 radical (unpaired) electrons. The molecule has 1 N–H and O–H groups in total. The van der Waals surface area contributed by atoms with Gasteiger partial charge in [0, 0.05) is 20.5 Å². The first kappa shape index (κ1) is 15.6. The van der Waals surface area contributed by atoms with E-state index in [0.29, 0.717) is 12.1 Å². The van der Waals surface area contributed by atoms with Gasteiger partial charge in [0.15, 0.2) is 11.5 Å². The SMILES string of the molecule is Cc1ccc(C2C(C(=O)C3CC3)=C(O)C(=O)N2Cc2cccs2)s1. The quantitative estimate of drug-likeness (QED) is 0.878. The zero-order chi connectivity index (χ0) is 16.8.